The molecule has 0 fully saturated rings. The summed E-state index contributed by atoms with van der Waals surface area (Å²) in [7, 11) is 0. The monoisotopic (exact) mass is 453 g/mol. The van der Waals surface area contributed by atoms with Crippen molar-refractivity contribution in [2.24, 2.45) is 5.92 Å². The van der Waals surface area contributed by atoms with Gasteiger partial charge < -0.3 is 10.4 Å². The Kier molecular flexibility index (Phi) is 7.82. The molecule has 32 heavy (non-hydrogen) atoms. The van der Waals surface area contributed by atoms with Crippen LogP contribution in [-0.2, 0) is 11.3 Å². The molecule has 0 aliphatic heterocycles. The van der Waals surface area contributed by atoms with E-state index in [0.717, 1.165) is 0 Å². The first-order chi connectivity index (χ1) is 15.3. The summed E-state index contributed by atoms with van der Waals surface area (Å²) >= 11 is 1.22. The molecule has 0 saturated carbocycles. The number of carbonyl (C=O) groups is 2. The zero-order valence-electron chi connectivity index (χ0n) is 18.4. The molecule has 7 nitrogen and oxygen atoms in total. The minimum atomic E-state index is -0.487. The van der Waals surface area contributed by atoms with Crippen LogP contribution >= 0.6 is 11.8 Å². The largest absolute Gasteiger partial charge is 0.396 e. The smallest absolute Gasteiger partial charge is 0.262 e. The maximum Gasteiger partial charge on any atom is 0.262 e. The fourth-order valence-electron chi connectivity index (χ4n) is 3.11. The number of benzene rings is 2. The molecule has 0 bridgehead atoms. The van der Waals surface area contributed by atoms with E-state index in [4.69, 9.17) is 0 Å². The van der Waals surface area contributed by atoms with E-state index < -0.39 is 5.25 Å². The third-order valence-corrected chi connectivity index (χ3v) is 6.07. The van der Waals surface area contributed by atoms with Crippen LogP contribution in [0.2, 0.25) is 0 Å². The number of aromatic nitrogens is 2. The van der Waals surface area contributed by atoms with E-state index >= 15 is 0 Å². The van der Waals surface area contributed by atoms with Gasteiger partial charge in [0.15, 0.2) is 10.9 Å². The average molecular weight is 454 g/mol. The second-order valence-corrected chi connectivity index (χ2v) is 9.10. The van der Waals surface area contributed by atoms with Crippen molar-refractivity contribution in [1.29, 1.82) is 0 Å². The summed E-state index contributed by atoms with van der Waals surface area (Å²) in [4.78, 5) is 42.4. The van der Waals surface area contributed by atoms with Crippen molar-refractivity contribution in [1.82, 2.24) is 9.55 Å². The highest BCUT2D eigenvalue weighted by Crippen LogP contribution is 2.26. The molecular weight excluding hydrogens is 426 g/mol. The minimum Gasteiger partial charge on any atom is -0.396 e. The van der Waals surface area contributed by atoms with Gasteiger partial charge in [0.25, 0.3) is 5.56 Å². The van der Waals surface area contributed by atoms with Gasteiger partial charge in [-0.05, 0) is 49.7 Å². The minimum absolute atomic E-state index is 0.0441. The number of fused-ring (bicyclic) bond motifs is 1. The Bertz CT molecular complexity index is 1170. The molecule has 0 saturated heterocycles. The van der Waals surface area contributed by atoms with E-state index in [0.29, 0.717) is 40.3 Å². The normalized spacial score (nSPS) is 12.2. The molecule has 2 N–H and O–H groups in total. The van der Waals surface area contributed by atoms with Crippen LogP contribution in [0.3, 0.4) is 0 Å². The number of hydrogen-bond acceptors (Lipinski definition) is 6. The second kappa shape index (κ2) is 10.6. The van der Waals surface area contributed by atoms with Gasteiger partial charge in [0.1, 0.15) is 0 Å². The van der Waals surface area contributed by atoms with Gasteiger partial charge in [0.2, 0.25) is 5.91 Å². The molecule has 1 aromatic heterocycles. The van der Waals surface area contributed by atoms with Gasteiger partial charge in [-0.3, -0.25) is 19.0 Å². The van der Waals surface area contributed by atoms with Crippen molar-refractivity contribution in [2.75, 3.05) is 11.9 Å². The maximum atomic E-state index is 13.0. The molecule has 0 aliphatic rings. The molecule has 3 aromatic rings. The van der Waals surface area contributed by atoms with Crippen LogP contribution in [0.1, 0.15) is 37.6 Å². The molecule has 3 rings (SSSR count). The number of nitrogens with zero attached hydrogens (tertiary/aromatic N) is 2. The predicted molar refractivity (Wildman–Crippen MR) is 127 cm³/mol. The highest BCUT2D eigenvalue weighted by molar-refractivity contribution is 8.00. The van der Waals surface area contributed by atoms with Gasteiger partial charge >= 0.3 is 0 Å². The van der Waals surface area contributed by atoms with Crippen molar-refractivity contribution >= 4 is 40.0 Å². The number of aliphatic hydroxyl groups excluding tert-OH is 1. The second-order valence-electron chi connectivity index (χ2n) is 7.79. The SMILES string of the molecule is CC(C)C(=O)Nc1ccc(C(=O)C(C)Sc2nc3ccccc3c(=O)n2CCCO)cc1. The topological polar surface area (TPSA) is 101 Å². The molecule has 0 aliphatic carbocycles. The van der Waals surface area contributed by atoms with E-state index in [2.05, 4.69) is 10.3 Å². The number of rotatable bonds is 9. The van der Waals surface area contributed by atoms with E-state index in [9.17, 15) is 19.5 Å². The number of carbonyl (C=O) groups excluding carboxylic acids is 2. The van der Waals surface area contributed by atoms with Crippen LogP contribution in [0.15, 0.2) is 58.5 Å². The highest BCUT2D eigenvalue weighted by Gasteiger charge is 2.21. The van der Waals surface area contributed by atoms with Crippen molar-refractivity contribution in [3.63, 3.8) is 0 Å². The zero-order valence-corrected chi connectivity index (χ0v) is 19.2. The van der Waals surface area contributed by atoms with Crippen LogP contribution in [0.5, 0.6) is 0 Å². The summed E-state index contributed by atoms with van der Waals surface area (Å²) in [6.07, 6.45) is 0.416. The molecule has 1 amide bonds. The first-order valence-corrected chi connectivity index (χ1v) is 11.4. The number of para-hydroxylation sites is 1. The lowest BCUT2D eigenvalue weighted by atomic mass is 10.1. The first-order valence-electron chi connectivity index (χ1n) is 10.5. The van der Waals surface area contributed by atoms with Crippen LogP contribution in [0, 0.1) is 5.92 Å². The highest BCUT2D eigenvalue weighted by atomic mass is 32.2. The molecule has 168 valence electrons. The number of aliphatic hydroxyl groups is 1. The Morgan fingerprint density at radius 3 is 2.44 bits per heavy atom. The summed E-state index contributed by atoms with van der Waals surface area (Å²) in [5, 5.41) is 12.5. The Hall–Kier alpha value is -2.97. The number of thioether (sulfide) groups is 1. The summed E-state index contributed by atoms with van der Waals surface area (Å²) < 4.78 is 1.53. The fourth-order valence-corrected chi connectivity index (χ4v) is 4.13. The number of ketones is 1. The standard InChI is InChI=1S/C24H27N3O4S/c1-15(2)22(30)25-18-11-9-17(10-12-18)21(29)16(3)32-24-26-20-8-5-4-7-19(20)23(31)27(24)13-6-14-28/h4-5,7-12,15-16,28H,6,13-14H2,1-3H3,(H,25,30). The van der Waals surface area contributed by atoms with E-state index in [1.54, 1.807) is 49.4 Å². The number of anilines is 1. The lowest BCUT2D eigenvalue weighted by Crippen LogP contribution is -2.25. The molecular formula is C24H27N3O4S. The van der Waals surface area contributed by atoms with Gasteiger partial charge in [0.05, 0.1) is 16.2 Å². The molecule has 8 heteroatoms. The Morgan fingerprint density at radius 2 is 1.78 bits per heavy atom. The molecule has 0 radical (unpaired) electrons. The van der Waals surface area contributed by atoms with Gasteiger partial charge in [-0.15, -0.1) is 0 Å². The van der Waals surface area contributed by atoms with Gasteiger partial charge in [0, 0.05) is 30.3 Å². The third kappa shape index (κ3) is 5.44. The van der Waals surface area contributed by atoms with Crippen molar-refractivity contribution in [3.8, 4) is 0 Å². The van der Waals surface area contributed by atoms with Gasteiger partial charge in [-0.25, -0.2) is 4.98 Å². The van der Waals surface area contributed by atoms with Gasteiger partial charge in [-0.2, -0.15) is 0 Å². The Morgan fingerprint density at radius 1 is 1.09 bits per heavy atom. The first kappa shape index (κ1) is 23.7. The fraction of sp³-hybridized carbons (Fsp3) is 0.333. The predicted octanol–water partition coefficient (Wildman–Crippen LogP) is 3.74. The summed E-state index contributed by atoms with van der Waals surface area (Å²) in [6, 6.07) is 13.9. The van der Waals surface area contributed by atoms with Crippen LogP contribution in [0.4, 0.5) is 5.69 Å². The average Bonchev–Trinajstić information content (AvgIpc) is 2.78. The lowest BCUT2D eigenvalue weighted by Gasteiger charge is -2.16. The quantitative estimate of drug-likeness (QED) is 0.291. The van der Waals surface area contributed by atoms with E-state index in [1.807, 2.05) is 19.9 Å². The van der Waals surface area contributed by atoms with Crippen LogP contribution in [-0.4, -0.2) is 38.2 Å². The third-order valence-electron chi connectivity index (χ3n) is 4.98. The van der Waals surface area contributed by atoms with Crippen LogP contribution < -0.4 is 10.9 Å². The number of Topliss-reactive ketones (excluding diaryl/α,β-unsaturated/α-hetero) is 1. The van der Waals surface area contributed by atoms with Crippen molar-refractivity contribution < 1.29 is 14.7 Å². The van der Waals surface area contributed by atoms with Crippen molar-refractivity contribution in [2.45, 2.75) is 44.1 Å². The van der Waals surface area contributed by atoms with Crippen molar-refractivity contribution in [3.05, 3.63) is 64.4 Å². The molecule has 1 heterocycles. The van der Waals surface area contributed by atoms with E-state index in [-0.39, 0.29) is 29.8 Å². The van der Waals surface area contributed by atoms with Gasteiger partial charge in [-0.1, -0.05) is 37.7 Å². The molecule has 1 unspecified atom stereocenters. The summed E-state index contributed by atoms with van der Waals surface area (Å²) in [5.74, 6) is -0.324. The Labute approximate surface area is 190 Å². The van der Waals surface area contributed by atoms with E-state index in [1.165, 1.54) is 16.3 Å². The lowest BCUT2D eigenvalue weighted by molar-refractivity contribution is -0.118. The maximum absolute atomic E-state index is 13.0. The zero-order chi connectivity index (χ0) is 23.3. The molecule has 0 spiro atoms. The van der Waals surface area contributed by atoms with Crippen LogP contribution in [0.25, 0.3) is 10.9 Å². The number of hydrogen-bond donors (Lipinski definition) is 2. The Balaban J connectivity index is 1.83. The number of amides is 1. The number of nitrogens with one attached hydrogen (secondary N) is 1. The summed E-state index contributed by atoms with van der Waals surface area (Å²) in [5.41, 5.74) is 1.54. The molecule has 2 aromatic carbocycles. The summed E-state index contributed by atoms with van der Waals surface area (Å²) in [6.45, 7) is 5.68. The molecule has 1 atom stereocenters.